The van der Waals surface area contributed by atoms with E-state index in [9.17, 15) is 14.4 Å². The first-order valence-corrected chi connectivity index (χ1v) is 9.52. The fourth-order valence-electron chi connectivity index (χ4n) is 3.72. The summed E-state index contributed by atoms with van der Waals surface area (Å²) in [6, 6.07) is 5.97. The summed E-state index contributed by atoms with van der Waals surface area (Å²) in [5, 5.41) is 8.10. The van der Waals surface area contributed by atoms with Crippen LogP contribution in [0.2, 0.25) is 0 Å². The summed E-state index contributed by atoms with van der Waals surface area (Å²) >= 11 is 0. The zero-order chi connectivity index (χ0) is 18.5. The van der Waals surface area contributed by atoms with Gasteiger partial charge in [-0.2, -0.15) is 0 Å². The van der Waals surface area contributed by atoms with Crippen molar-refractivity contribution in [2.45, 2.75) is 51.5 Å². The molecule has 140 valence electrons. The fraction of sp³-hybridized carbons (Fsp3) is 0.550. The second-order valence-corrected chi connectivity index (χ2v) is 7.27. The minimum atomic E-state index is -0.877. The maximum Gasteiger partial charge on any atom is 0.315 e. The van der Waals surface area contributed by atoms with Crippen LogP contribution < -0.4 is 16.0 Å². The number of rotatable bonds is 3. The van der Waals surface area contributed by atoms with E-state index in [1.54, 1.807) is 0 Å². The number of aryl methyl sites for hydroxylation is 2. The van der Waals surface area contributed by atoms with Gasteiger partial charge in [0.1, 0.15) is 0 Å². The standard InChI is InChI=1S/C20H27N3O3/c1-13(16-7-6-14-4-2-3-5-17(14)12-16)22-19(25)20(26)23-18(24)15-8-10-21-11-9-15/h6-7,12-13,15,21H,2-5,8-11H2,1H3,(H,22,25)(H,23,24,26). The number of benzene rings is 1. The Labute approximate surface area is 154 Å². The van der Waals surface area contributed by atoms with E-state index >= 15 is 0 Å². The molecule has 1 atom stereocenters. The maximum atomic E-state index is 12.1. The highest BCUT2D eigenvalue weighted by Crippen LogP contribution is 2.24. The van der Waals surface area contributed by atoms with Gasteiger partial charge in [-0.15, -0.1) is 0 Å². The Morgan fingerprint density at radius 1 is 1.04 bits per heavy atom. The molecule has 26 heavy (non-hydrogen) atoms. The van der Waals surface area contributed by atoms with Crippen molar-refractivity contribution in [3.63, 3.8) is 0 Å². The SMILES string of the molecule is CC(NC(=O)C(=O)NC(=O)C1CCNCC1)c1ccc2c(c1)CCCC2. The van der Waals surface area contributed by atoms with Gasteiger partial charge in [-0.25, -0.2) is 0 Å². The zero-order valence-corrected chi connectivity index (χ0v) is 15.3. The molecule has 0 bridgehead atoms. The Morgan fingerprint density at radius 3 is 2.46 bits per heavy atom. The Balaban J connectivity index is 1.54. The topological polar surface area (TPSA) is 87.3 Å². The minimum Gasteiger partial charge on any atom is -0.341 e. The first-order valence-electron chi connectivity index (χ1n) is 9.52. The highest BCUT2D eigenvalue weighted by molar-refractivity contribution is 6.37. The number of imide groups is 1. The van der Waals surface area contributed by atoms with Crippen molar-refractivity contribution >= 4 is 17.7 Å². The van der Waals surface area contributed by atoms with Gasteiger partial charge < -0.3 is 10.6 Å². The summed E-state index contributed by atoms with van der Waals surface area (Å²) in [6.07, 6.45) is 5.97. The average molecular weight is 357 g/mol. The molecule has 0 radical (unpaired) electrons. The van der Waals surface area contributed by atoms with Crippen LogP contribution in [0.4, 0.5) is 0 Å². The molecule has 1 unspecified atom stereocenters. The van der Waals surface area contributed by atoms with Crippen LogP contribution in [-0.4, -0.2) is 30.8 Å². The van der Waals surface area contributed by atoms with E-state index in [2.05, 4.69) is 28.1 Å². The third-order valence-corrected chi connectivity index (χ3v) is 5.37. The van der Waals surface area contributed by atoms with Gasteiger partial charge in [0.2, 0.25) is 5.91 Å². The summed E-state index contributed by atoms with van der Waals surface area (Å²) in [5.41, 5.74) is 3.70. The Hall–Kier alpha value is -2.21. The van der Waals surface area contributed by atoms with Gasteiger partial charge in [-0.05, 0) is 75.2 Å². The predicted molar refractivity (Wildman–Crippen MR) is 98.4 cm³/mol. The van der Waals surface area contributed by atoms with Crippen LogP contribution in [0.15, 0.2) is 18.2 Å². The molecular formula is C20H27N3O3. The van der Waals surface area contributed by atoms with Gasteiger partial charge in [0, 0.05) is 5.92 Å². The molecule has 0 spiro atoms. The molecule has 6 nitrogen and oxygen atoms in total. The molecule has 1 aliphatic heterocycles. The maximum absolute atomic E-state index is 12.1. The molecule has 1 aromatic rings. The van der Waals surface area contributed by atoms with E-state index in [-0.39, 0.29) is 17.9 Å². The second-order valence-electron chi connectivity index (χ2n) is 7.27. The lowest BCUT2D eigenvalue weighted by Crippen LogP contribution is -2.47. The van der Waals surface area contributed by atoms with Crippen LogP contribution >= 0.6 is 0 Å². The largest absolute Gasteiger partial charge is 0.341 e. The first-order chi connectivity index (χ1) is 12.5. The van der Waals surface area contributed by atoms with Crippen LogP contribution in [0.3, 0.4) is 0 Å². The molecule has 6 heteroatoms. The minimum absolute atomic E-state index is 0.203. The van der Waals surface area contributed by atoms with Crippen molar-refractivity contribution in [1.82, 2.24) is 16.0 Å². The lowest BCUT2D eigenvalue weighted by atomic mass is 9.89. The quantitative estimate of drug-likeness (QED) is 0.714. The van der Waals surface area contributed by atoms with Gasteiger partial charge in [-0.1, -0.05) is 18.2 Å². The molecule has 0 saturated carbocycles. The van der Waals surface area contributed by atoms with Crippen molar-refractivity contribution in [1.29, 1.82) is 0 Å². The smallest absolute Gasteiger partial charge is 0.315 e. The highest BCUT2D eigenvalue weighted by Gasteiger charge is 2.26. The first kappa shape index (κ1) is 18.6. The summed E-state index contributed by atoms with van der Waals surface area (Å²) in [4.78, 5) is 36.3. The molecule has 1 saturated heterocycles. The lowest BCUT2D eigenvalue weighted by molar-refractivity contribution is -0.143. The van der Waals surface area contributed by atoms with E-state index in [1.807, 2.05) is 13.0 Å². The van der Waals surface area contributed by atoms with E-state index < -0.39 is 11.8 Å². The molecule has 1 aliphatic carbocycles. The molecule has 3 amide bonds. The van der Waals surface area contributed by atoms with Crippen LogP contribution in [0, 0.1) is 5.92 Å². The molecule has 3 N–H and O–H groups in total. The van der Waals surface area contributed by atoms with Crippen LogP contribution in [0.5, 0.6) is 0 Å². The van der Waals surface area contributed by atoms with E-state index in [0.29, 0.717) is 12.8 Å². The summed E-state index contributed by atoms with van der Waals surface area (Å²) in [6.45, 7) is 3.37. The third kappa shape index (κ3) is 4.49. The number of piperidine rings is 1. The molecule has 1 fully saturated rings. The fourth-order valence-corrected chi connectivity index (χ4v) is 3.72. The average Bonchev–Trinajstić information content (AvgIpc) is 2.68. The van der Waals surface area contributed by atoms with Crippen molar-refractivity contribution in [3.8, 4) is 0 Å². The number of nitrogens with one attached hydrogen (secondary N) is 3. The number of hydrogen-bond donors (Lipinski definition) is 3. The van der Waals surface area contributed by atoms with Crippen molar-refractivity contribution in [2.75, 3.05) is 13.1 Å². The van der Waals surface area contributed by atoms with Crippen molar-refractivity contribution in [2.24, 2.45) is 5.92 Å². The monoisotopic (exact) mass is 357 g/mol. The number of carbonyl (C=O) groups excluding carboxylic acids is 3. The van der Waals surface area contributed by atoms with Crippen molar-refractivity contribution < 1.29 is 14.4 Å². The molecule has 3 rings (SSSR count). The summed E-state index contributed by atoms with van der Waals surface area (Å²) < 4.78 is 0. The molecule has 1 aromatic carbocycles. The van der Waals surface area contributed by atoms with Gasteiger partial charge in [0.25, 0.3) is 0 Å². The predicted octanol–water partition coefficient (Wildman–Crippen LogP) is 1.39. The number of carbonyl (C=O) groups is 3. The second kappa shape index (κ2) is 8.45. The van der Waals surface area contributed by atoms with Gasteiger partial charge >= 0.3 is 11.8 Å². The highest BCUT2D eigenvalue weighted by atomic mass is 16.2. The molecule has 1 heterocycles. The molecule has 2 aliphatic rings. The Kier molecular flexibility index (Phi) is 6.04. The van der Waals surface area contributed by atoms with Gasteiger partial charge in [0.05, 0.1) is 6.04 Å². The van der Waals surface area contributed by atoms with Crippen LogP contribution in [0.1, 0.15) is 55.3 Å². The zero-order valence-electron chi connectivity index (χ0n) is 15.3. The Morgan fingerprint density at radius 2 is 1.73 bits per heavy atom. The number of fused-ring (bicyclic) bond motifs is 1. The van der Waals surface area contributed by atoms with Gasteiger partial charge in [-0.3, -0.25) is 19.7 Å². The Bertz CT molecular complexity index is 696. The van der Waals surface area contributed by atoms with Gasteiger partial charge in [0.15, 0.2) is 0 Å². The molecular weight excluding hydrogens is 330 g/mol. The lowest BCUT2D eigenvalue weighted by Gasteiger charge is -2.22. The van der Waals surface area contributed by atoms with Crippen LogP contribution in [0.25, 0.3) is 0 Å². The third-order valence-electron chi connectivity index (χ3n) is 5.37. The van der Waals surface area contributed by atoms with Crippen molar-refractivity contribution in [3.05, 3.63) is 34.9 Å². The number of amides is 3. The van der Waals surface area contributed by atoms with E-state index in [1.165, 1.54) is 24.0 Å². The molecule has 0 aromatic heterocycles. The summed E-state index contributed by atoms with van der Waals surface area (Å²) in [5.74, 6) is -2.20. The normalized spacial score (nSPS) is 18.5. The number of hydrogen-bond acceptors (Lipinski definition) is 4. The van der Waals surface area contributed by atoms with E-state index in [0.717, 1.165) is 31.5 Å². The van der Waals surface area contributed by atoms with E-state index in [4.69, 9.17) is 0 Å². The summed E-state index contributed by atoms with van der Waals surface area (Å²) in [7, 11) is 0. The van der Waals surface area contributed by atoms with Crippen LogP contribution in [-0.2, 0) is 27.2 Å².